The number of likely N-dealkylation sites (tertiary alicyclic amines) is 1. The minimum absolute atomic E-state index is 0. The van der Waals surface area contributed by atoms with Crippen LogP contribution in [0.4, 0.5) is 5.69 Å². The first-order valence-electron chi connectivity index (χ1n) is 8.38. The molecule has 122 valence electrons. The van der Waals surface area contributed by atoms with Crippen LogP contribution in [-0.2, 0) is 11.2 Å². The summed E-state index contributed by atoms with van der Waals surface area (Å²) in [6.07, 6.45) is 9.09. The molecule has 22 heavy (non-hydrogen) atoms. The normalized spacial score (nSPS) is 21.8. The number of halogens is 1. The highest BCUT2D eigenvalue weighted by Crippen LogP contribution is 2.35. The molecule has 1 aromatic carbocycles. The van der Waals surface area contributed by atoms with Crippen molar-refractivity contribution in [2.24, 2.45) is 5.92 Å². The fourth-order valence-corrected chi connectivity index (χ4v) is 4.08. The molecule has 1 atom stereocenters. The SMILES string of the molecule is Cl.Nc1ccccc1CCC(=O)N1CCCC1C1CCCC1. The smallest absolute Gasteiger partial charge is 0.223 e. The molecule has 0 radical (unpaired) electrons. The number of aryl methyl sites for hydroxylation is 1. The van der Waals surface area contributed by atoms with Crippen LogP contribution >= 0.6 is 12.4 Å². The molecule has 1 aromatic rings. The first-order valence-corrected chi connectivity index (χ1v) is 8.38. The average molecular weight is 323 g/mol. The first-order chi connectivity index (χ1) is 10.3. The monoisotopic (exact) mass is 322 g/mol. The Labute approximate surface area is 139 Å². The lowest BCUT2D eigenvalue weighted by molar-refractivity contribution is -0.132. The van der Waals surface area contributed by atoms with Gasteiger partial charge in [0.25, 0.3) is 0 Å². The van der Waals surface area contributed by atoms with E-state index in [1.807, 2.05) is 24.3 Å². The predicted molar refractivity (Wildman–Crippen MR) is 93.1 cm³/mol. The number of hydrogen-bond donors (Lipinski definition) is 1. The minimum atomic E-state index is 0. The Morgan fingerprint density at radius 1 is 1.14 bits per heavy atom. The van der Waals surface area contributed by atoms with E-state index >= 15 is 0 Å². The molecule has 0 bridgehead atoms. The average Bonchev–Trinajstić information content (AvgIpc) is 3.16. The summed E-state index contributed by atoms with van der Waals surface area (Å²) in [4.78, 5) is 14.8. The van der Waals surface area contributed by atoms with Gasteiger partial charge in [0.05, 0.1) is 0 Å². The van der Waals surface area contributed by atoms with Crippen LogP contribution in [0.3, 0.4) is 0 Å². The Morgan fingerprint density at radius 2 is 1.86 bits per heavy atom. The summed E-state index contributed by atoms with van der Waals surface area (Å²) in [6.45, 7) is 0.963. The van der Waals surface area contributed by atoms with Crippen molar-refractivity contribution < 1.29 is 4.79 Å². The van der Waals surface area contributed by atoms with Crippen LogP contribution in [0, 0.1) is 5.92 Å². The van der Waals surface area contributed by atoms with Gasteiger partial charge in [0.15, 0.2) is 0 Å². The fourth-order valence-electron chi connectivity index (χ4n) is 4.08. The summed E-state index contributed by atoms with van der Waals surface area (Å²) < 4.78 is 0. The summed E-state index contributed by atoms with van der Waals surface area (Å²) in [6, 6.07) is 8.40. The molecule has 1 unspecified atom stereocenters. The van der Waals surface area contributed by atoms with Gasteiger partial charge in [0, 0.05) is 24.7 Å². The molecule has 0 aromatic heterocycles. The number of anilines is 1. The van der Waals surface area contributed by atoms with E-state index in [0.717, 1.165) is 30.1 Å². The Bertz CT molecular complexity index is 500. The predicted octanol–water partition coefficient (Wildman–Crippen LogP) is 3.80. The van der Waals surface area contributed by atoms with Crippen LogP contribution in [0.2, 0.25) is 0 Å². The molecule has 1 aliphatic carbocycles. The molecule has 1 heterocycles. The van der Waals surface area contributed by atoms with E-state index < -0.39 is 0 Å². The number of carbonyl (C=O) groups excluding carboxylic acids is 1. The van der Waals surface area contributed by atoms with Crippen molar-refractivity contribution in [1.82, 2.24) is 4.90 Å². The summed E-state index contributed by atoms with van der Waals surface area (Å²) in [5.41, 5.74) is 7.87. The van der Waals surface area contributed by atoms with Gasteiger partial charge in [-0.2, -0.15) is 0 Å². The molecule has 1 saturated heterocycles. The maximum atomic E-state index is 12.6. The Hall–Kier alpha value is -1.22. The zero-order valence-corrected chi connectivity index (χ0v) is 14.0. The Balaban J connectivity index is 0.00000176. The van der Waals surface area contributed by atoms with Gasteiger partial charge in [-0.05, 0) is 49.7 Å². The lowest BCUT2D eigenvalue weighted by atomic mass is 9.95. The van der Waals surface area contributed by atoms with Crippen LogP contribution in [0.15, 0.2) is 24.3 Å². The van der Waals surface area contributed by atoms with Crippen LogP contribution < -0.4 is 5.73 Å². The van der Waals surface area contributed by atoms with Crippen molar-refractivity contribution in [3.63, 3.8) is 0 Å². The van der Waals surface area contributed by atoms with E-state index in [1.165, 1.54) is 38.5 Å². The molecule has 1 aliphatic heterocycles. The number of rotatable bonds is 4. The van der Waals surface area contributed by atoms with Gasteiger partial charge in [-0.1, -0.05) is 31.0 Å². The van der Waals surface area contributed by atoms with E-state index in [4.69, 9.17) is 5.73 Å². The van der Waals surface area contributed by atoms with Crippen molar-refractivity contribution >= 4 is 24.0 Å². The fraction of sp³-hybridized carbons (Fsp3) is 0.611. The zero-order chi connectivity index (χ0) is 14.7. The molecule has 2 fully saturated rings. The topological polar surface area (TPSA) is 46.3 Å². The quantitative estimate of drug-likeness (QED) is 0.857. The standard InChI is InChI=1S/C18H26N2O.ClH/c19-16-9-4-3-6-14(16)11-12-18(21)20-13-5-10-17(20)15-7-1-2-8-15;/h3-4,6,9,15,17H,1-2,5,7-8,10-13,19H2;1H. The summed E-state index contributed by atoms with van der Waals surface area (Å²) in [5.74, 6) is 1.09. The lowest BCUT2D eigenvalue weighted by Gasteiger charge is -2.29. The third-order valence-electron chi connectivity index (χ3n) is 5.23. The van der Waals surface area contributed by atoms with Gasteiger partial charge in [-0.25, -0.2) is 0 Å². The molecular formula is C18H27ClN2O. The second-order valence-electron chi connectivity index (χ2n) is 6.54. The van der Waals surface area contributed by atoms with Gasteiger partial charge >= 0.3 is 0 Å². The molecule has 1 amide bonds. The van der Waals surface area contributed by atoms with E-state index in [2.05, 4.69) is 4.90 Å². The molecule has 2 N–H and O–H groups in total. The second-order valence-corrected chi connectivity index (χ2v) is 6.54. The summed E-state index contributed by atoms with van der Waals surface area (Å²) in [7, 11) is 0. The lowest BCUT2D eigenvalue weighted by Crippen LogP contribution is -2.39. The highest BCUT2D eigenvalue weighted by atomic mass is 35.5. The van der Waals surface area contributed by atoms with Crippen LogP contribution in [-0.4, -0.2) is 23.4 Å². The Morgan fingerprint density at radius 3 is 2.59 bits per heavy atom. The van der Waals surface area contributed by atoms with Crippen LogP contribution in [0.1, 0.15) is 50.5 Å². The minimum Gasteiger partial charge on any atom is -0.399 e. The van der Waals surface area contributed by atoms with E-state index in [1.54, 1.807) is 0 Å². The second kappa shape index (κ2) is 7.87. The third kappa shape index (κ3) is 3.75. The number of benzene rings is 1. The highest BCUT2D eigenvalue weighted by molar-refractivity contribution is 5.85. The number of nitrogens with zero attached hydrogens (tertiary/aromatic N) is 1. The third-order valence-corrected chi connectivity index (χ3v) is 5.23. The molecule has 2 aliphatic rings. The van der Waals surface area contributed by atoms with Crippen molar-refractivity contribution in [1.29, 1.82) is 0 Å². The van der Waals surface area contributed by atoms with Crippen molar-refractivity contribution in [2.45, 2.75) is 57.4 Å². The number of carbonyl (C=O) groups is 1. The highest BCUT2D eigenvalue weighted by Gasteiger charge is 2.35. The van der Waals surface area contributed by atoms with Gasteiger partial charge < -0.3 is 10.6 Å². The summed E-state index contributed by atoms with van der Waals surface area (Å²) in [5, 5.41) is 0. The number of para-hydroxylation sites is 1. The molecule has 0 spiro atoms. The van der Waals surface area contributed by atoms with Gasteiger partial charge in [0.2, 0.25) is 5.91 Å². The molecular weight excluding hydrogens is 296 g/mol. The number of amides is 1. The van der Waals surface area contributed by atoms with Crippen LogP contribution in [0.25, 0.3) is 0 Å². The van der Waals surface area contributed by atoms with Gasteiger partial charge in [-0.15, -0.1) is 12.4 Å². The summed E-state index contributed by atoms with van der Waals surface area (Å²) >= 11 is 0. The molecule has 1 saturated carbocycles. The van der Waals surface area contributed by atoms with Crippen molar-refractivity contribution in [3.05, 3.63) is 29.8 Å². The maximum absolute atomic E-state index is 12.6. The van der Waals surface area contributed by atoms with Crippen molar-refractivity contribution in [3.8, 4) is 0 Å². The molecule has 3 nitrogen and oxygen atoms in total. The van der Waals surface area contributed by atoms with Crippen molar-refractivity contribution in [2.75, 3.05) is 12.3 Å². The maximum Gasteiger partial charge on any atom is 0.223 e. The van der Waals surface area contributed by atoms with E-state index in [0.29, 0.717) is 18.4 Å². The number of nitrogens with two attached hydrogens (primary N) is 1. The van der Waals surface area contributed by atoms with Gasteiger partial charge in [-0.3, -0.25) is 4.79 Å². The number of hydrogen-bond acceptors (Lipinski definition) is 2. The van der Waals surface area contributed by atoms with E-state index in [-0.39, 0.29) is 12.4 Å². The largest absolute Gasteiger partial charge is 0.399 e. The Kier molecular flexibility index (Phi) is 6.13. The van der Waals surface area contributed by atoms with Gasteiger partial charge in [0.1, 0.15) is 0 Å². The number of nitrogen functional groups attached to an aromatic ring is 1. The first kappa shape index (κ1) is 17.1. The molecule has 3 rings (SSSR count). The van der Waals surface area contributed by atoms with E-state index in [9.17, 15) is 4.79 Å². The zero-order valence-electron chi connectivity index (χ0n) is 13.2. The molecule has 4 heteroatoms. The van der Waals surface area contributed by atoms with Crippen LogP contribution in [0.5, 0.6) is 0 Å².